The summed E-state index contributed by atoms with van der Waals surface area (Å²) < 4.78 is 5.30. The Labute approximate surface area is 81.1 Å². The van der Waals surface area contributed by atoms with Crippen molar-refractivity contribution < 1.29 is 4.74 Å². The van der Waals surface area contributed by atoms with Crippen LogP contribution in [0.15, 0.2) is 12.1 Å². The van der Waals surface area contributed by atoms with Gasteiger partial charge in [-0.05, 0) is 25.5 Å². The summed E-state index contributed by atoms with van der Waals surface area (Å²) in [4.78, 5) is 4.23. The van der Waals surface area contributed by atoms with Gasteiger partial charge in [0.2, 0.25) is 5.88 Å². The average Bonchev–Trinajstić information content (AvgIpc) is 2.04. The monoisotopic (exact) mass is 229 g/mol. The van der Waals surface area contributed by atoms with E-state index in [9.17, 15) is 0 Å². The summed E-state index contributed by atoms with van der Waals surface area (Å²) in [5.41, 5.74) is 2.20. The Morgan fingerprint density at radius 1 is 1.50 bits per heavy atom. The maximum Gasteiger partial charge on any atom is 0.213 e. The zero-order chi connectivity index (χ0) is 8.97. The van der Waals surface area contributed by atoms with Crippen molar-refractivity contribution in [3.63, 3.8) is 0 Å². The second-order valence-electron chi connectivity index (χ2n) is 2.52. The van der Waals surface area contributed by atoms with E-state index >= 15 is 0 Å². The van der Waals surface area contributed by atoms with Crippen LogP contribution in [0.1, 0.15) is 18.2 Å². The molecule has 0 unspecified atom stereocenters. The molecular weight excluding hydrogens is 218 g/mol. The minimum absolute atomic E-state index is 0.665. The first-order valence-corrected chi connectivity index (χ1v) is 5.04. The molecule has 1 aromatic rings. The molecule has 0 atom stereocenters. The van der Waals surface area contributed by atoms with Gasteiger partial charge >= 0.3 is 0 Å². The fraction of sp³-hybridized carbons (Fsp3) is 0.444. The third kappa shape index (κ3) is 2.48. The molecule has 0 radical (unpaired) electrons. The molecule has 3 heteroatoms. The highest BCUT2D eigenvalue weighted by molar-refractivity contribution is 9.08. The number of halogens is 1. The number of alkyl halides is 1. The largest absolute Gasteiger partial charge is 0.478 e. The lowest BCUT2D eigenvalue weighted by molar-refractivity contribution is 0.326. The van der Waals surface area contributed by atoms with Gasteiger partial charge in [-0.15, -0.1) is 0 Å². The summed E-state index contributed by atoms with van der Waals surface area (Å²) >= 11 is 3.39. The first-order chi connectivity index (χ1) is 5.76. The Balaban J connectivity index is 2.90. The fourth-order valence-electron chi connectivity index (χ4n) is 1.01. The number of aromatic nitrogens is 1. The van der Waals surface area contributed by atoms with Crippen molar-refractivity contribution in [3.8, 4) is 5.88 Å². The van der Waals surface area contributed by atoms with Gasteiger partial charge in [-0.1, -0.05) is 15.9 Å². The van der Waals surface area contributed by atoms with E-state index in [0.29, 0.717) is 12.5 Å². The molecule has 0 aliphatic carbocycles. The van der Waals surface area contributed by atoms with E-state index in [1.165, 1.54) is 5.56 Å². The van der Waals surface area contributed by atoms with Crippen molar-refractivity contribution in [2.24, 2.45) is 0 Å². The molecule has 0 fully saturated rings. The second kappa shape index (κ2) is 4.45. The number of hydrogen-bond donors (Lipinski definition) is 0. The first-order valence-electron chi connectivity index (χ1n) is 3.92. The average molecular weight is 230 g/mol. The Hall–Kier alpha value is -0.570. The van der Waals surface area contributed by atoms with Crippen LogP contribution in [0.2, 0.25) is 0 Å². The maximum atomic E-state index is 5.30. The quantitative estimate of drug-likeness (QED) is 0.744. The van der Waals surface area contributed by atoms with Crippen LogP contribution in [0.3, 0.4) is 0 Å². The molecule has 0 saturated carbocycles. The molecule has 0 aromatic carbocycles. The first kappa shape index (κ1) is 9.52. The number of nitrogens with zero attached hydrogens (tertiary/aromatic N) is 1. The van der Waals surface area contributed by atoms with E-state index in [1.807, 2.05) is 26.0 Å². The number of rotatable bonds is 3. The minimum atomic E-state index is 0.665. The Bertz CT molecular complexity index is 263. The molecule has 0 amide bonds. The molecule has 0 N–H and O–H groups in total. The Kier molecular flexibility index (Phi) is 3.53. The normalized spacial score (nSPS) is 9.92. The molecule has 1 rings (SSSR count). The zero-order valence-electron chi connectivity index (χ0n) is 7.30. The lowest BCUT2D eigenvalue weighted by Gasteiger charge is -2.04. The predicted octanol–water partition coefficient (Wildman–Crippen LogP) is 2.68. The summed E-state index contributed by atoms with van der Waals surface area (Å²) in [5, 5.41) is 0.844. The van der Waals surface area contributed by atoms with E-state index in [-0.39, 0.29) is 0 Å². The van der Waals surface area contributed by atoms with Gasteiger partial charge < -0.3 is 4.74 Å². The minimum Gasteiger partial charge on any atom is -0.478 e. The highest BCUT2D eigenvalue weighted by Crippen LogP contribution is 2.14. The van der Waals surface area contributed by atoms with Crippen LogP contribution in [0.5, 0.6) is 5.88 Å². The van der Waals surface area contributed by atoms with Crippen LogP contribution in [-0.4, -0.2) is 11.6 Å². The molecule has 12 heavy (non-hydrogen) atoms. The van der Waals surface area contributed by atoms with Crippen molar-refractivity contribution in [2.75, 3.05) is 6.61 Å². The van der Waals surface area contributed by atoms with Gasteiger partial charge in [0.15, 0.2) is 0 Å². The van der Waals surface area contributed by atoms with E-state index in [2.05, 4.69) is 20.9 Å². The zero-order valence-corrected chi connectivity index (χ0v) is 8.89. The summed E-state index contributed by atoms with van der Waals surface area (Å²) in [6.07, 6.45) is 0. The van der Waals surface area contributed by atoms with E-state index < -0.39 is 0 Å². The lowest BCUT2D eigenvalue weighted by Crippen LogP contribution is -1.96. The van der Waals surface area contributed by atoms with Gasteiger partial charge in [-0.25, -0.2) is 4.98 Å². The van der Waals surface area contributed by atoms with Crippen LogP contribution >= 0.6 is 15.9 Å². The number of ether oxygens (including phenoxy) is 1. The lowest BCUT2D eigenvalue weighted by atomic mass is 10.2. The summed E-state index contributed by atoms with van der Waals surface area (Å²) in [5.74, 6) is 0.715. The SMILES string of the molecule is CCOc1cc(CBr)cc(C)n1. The summed E-state index contributed by atoms with van der Waals surface area (Å²) in [7, 11) is 0. The van der Waals surface area contributed by atoms with Crippen LogP contribution in [-0.2, 0) is 5.33 Å². The topological polar surface area (TPSA) is 22.1 Å². The Morgan fingerprint density at radius 2 is 2.25 bits per heavy atom. The van der Waals surface area contributed by atoms with Crippen molar-refractivity contribution in [3.05, 3.63) is 23.4 Å². The molecule has 0 bridgehead atoms. The molecule has 66 valence electrons. The van der Waals surface area contributed by atoms with Crippen molar-refractivity contribution >= 4 is 15.9 Å². The van der Waals surface area contributed by atoms with E-state index in [0.717, 1.165) is 11.0 Å². The van der Waals surface area contributed by atoms with Crippen molar-refractivity contribution in [1.82, 2.24) is 4.98 Å². The van der Waals surface area contributed by atoms with E-state index in [1.54, 1.807) is 0 Å². The molecule has 0 aliphatic rings. The van der Waals surface area contributed by atoms with Crippen LogP contribution in [0, 0.1) is 6.92 Å². The van der Waals surface area contributed by atoms with Gasteiger partial charge in [0.05, 0.1) is 6.61 Å². The smallest absolute Gasteiger partial charge is 0.213 e. The highest BCUT2D eigenvalue weighted by Gasteiger charge is 1.98. The molecule has 1 heterocycles. The number of pyridine rings is 1. The molecule has 2 nitrogen and oxygen atoms in total. The third-order valence-electron chi connectivity index (χ3n) is 1.44. The number of hydrogen-bond acceptors (Lipinski definition) is 2. The summed E-state index contributed by atoms with van der Waals surface area (Å²) in [6, 6.07) is 3.99. The molecule has 0 aliphatic heterocycles. The standard InChI is InChI=1S/C9H12BrNO/c1-3-12-9-5-8(6-10)4-7(2)11-9/h4-5H,3,6H2,1-2H3. The predicted molar refractivity (Wildman–Crippen MR) is 52.8 cm³/mol. The molecule has 0 saturated heterocycles. The van der Waals surface area contributed by atoms with Gasteiger partial charge in [0.25, 0.3) is 0 Å². The summed E-state index contributed by atoms with van der Waals surface area (Å²) in [6.45, 7) is 4.59. The van der Waals surface area contributed by atoms with Gasteiger partial charge in [0.1, 0.15) is 0 Å². The van der Waals surface area contributed by atoms with E-state index in [4.69, 9.17) is 4.74 Å². The van der Waals surface area contributed by atoms with Gasteiger partial charge in [-0.3, -0.25) is 0 Å². The fourth-order valence-corrected chi connectivity index (χ4v) is 1.33. The van der Waals surface area contributed by atoms with Crippen molar-refractivity contribution in [1.29, 1.82) is 0 Å². The number of aryl methyl sites for hydroxylation is 1. The van der Waals surface area contributed by atoms with Crippen molar-refractivity contribution in [2.45, 2.75) is 19.2 Å². The Morgan fingerprint density at radius 3 is 2.83 bits per heavy atom. The van der Waals surface area contributed by atoms with Gasteiger partial charge in [-0.2, -0.15) is 0 Å². The van der Waals surface area contributed by atoms with Gasteiger partial charge in [0, 0.05) is 17.1 Å². The molecular formula is C9H12BrNO. The van der Waals surface area contributed by atoms with Crippen LogP contribution in [0.25, 0.3) is 0 Å². The third-order valence-corrected chi connectivity index (χ3v) is 2.08. The molecule has 0 spiro atoms. The second-order valence-corrected chi connectivity index (χ2v) is 3.08. The highest BCUT2D eigenvalue weighted by atomic mass is 79.9. The maximum absolute atomic E-state index is 5.30. The van der Waals surface area contributed by atoms with Crippen LogP contribution in [0.4, 0.5) is 0 Å². The van der Waals surface area contributed by atoms with Crippen LogP contribution < -0.4 is 4.74 Å². The molecule has 1 aromatic heterocycles.